The van der Waals surface area contributed by atoms with Crippen LogP contribution >= 0.6 is 11.3 Å². The normalized spacial score (nSPS) is 12.3. The molecular formula is C30H36N4O5S. The molecule has 0 bridgehead atoms. The highest BCUT2D eigenvalue weighted by atomic mass is 32.1. The molecule has 3 aromatic rings. The highest BCUT2D eigenvalue weighted by Crippen LogP contribution is 2.32. The summed E-state index contributed by atoms with van der Waals surface area (Å²) in [4.78, 5) is 49.5. The lowest BCUT2D eigenvalue weighted by Crippen LogP contribution is -2.53. The number of nitrogens with one attached hydrogen (secondary N) is 2. The van der Waals surface area contributed by atoms with Crippen molar-refractivity contribution in [2.45, 2.75) is 57.0 Å². The first-order valence-corrected chi connectivity index (χ1v) is 14.2. The summed E-state index contributed by atoms with van der Waals surface area (Å²) in [5.74, 6) is -2.82. The summed E-state index contributed by atoms with van der Waals surface area (Å²) in [6.07, 6.45) is 1.71. The van der Waals surface area contributed by atoms with Gasteiger partial charge in [0.05, 0.1) is 0 Å². The SMILES string of the molecule is NCCCC[C@H](NC(=O)[C@H](CCC(=O)O)NC(=O)CCc1ccc(-c2cc(-c3ccccc3)cs2)cc1)C(N)=O. The highest BCUT2D eigenvalue weighted by molar-refractivity contribution is 7.14. The zero-order chi connectivity index (χ0) is 28.9. The molecular weight excluding hydrogens is 528 g/mol. The molecule has 2 atom stereocenters. The van der Waals surface area contributed by atoms with E-state index in [1.807, 2.05) is 42.5 Å². The Balaban J connectivity index is 1.56. The molecule has 0 aliphatic rings. The fourth-order valence-corrected chi connectivity index (χ4v) is 5.14. The van der Waals surface area contributed by atoms with E-state index in [0.29, 0.717) is 32.2 Å². The highest BCUT2D eigenvalue weighted by Gasteiger charge is 2.26. The van der Waals surface area contributed by atoms with E-state index in [1.54, 1.807) is 11.3 Å². The minimum absolute atomic E-state index is 0.109. The summed E-state index contributed by atoms with van der Waals surface area (Å²) in [6.45, 7) is 0.447. The first kappa shape index (κ1) is 30.5. The summed E-state index contributed by atoms with van der Waals surface area (Å²) in [5, 5.41) is 16.4. The number of primary amides is 1. The van der Waals surface area contributed by atoms with Crippen molar-refractivity contribution in [3.8, 4) is 21.6 Å². The van der Waals surface area contributed by atoms with Crippen molar-refractivity contribution in [3.63, 3.8) is 0 Å². The third-order valence-corrected chi connectivity index (χ3v) is 7.47. The van der Waals surface area contributed by atoms with E-state index in [2.05, 4.69) is 34.2 Å². The summed E-state index contributed by atoms with van der Waals surface area (Å²) in [5.41, 5.74) is 15.3. The number of hydrogen-bond donors (Lipinski definition) is 5. The molecule has 0 saturated carbocycles. The fraction of sp³-hybridized carbons (Fsp3) is 0.333. The molecule has 3 amide bonds. The van der Waals surface area contributed by atoms with E-state index in [0.717, 1.165) is 16.0 Å². The summed E-state index contributed by atoms with van der Waals surface area (Å²) >= 11 is 1.67. The van der Waals surface area contributed by atoms with E-state index >= 15 is 0 Å². The van der Waals surface area contributed by atoms with Crippen molar-refractivity contribution >= 4 is 35.0 Å². The van der Waals surface area contributed by atoms with Gasteiger partial charge in [-0.3, -0.25) is 19.2 Å². The molecule has 0 radical (unpaired) electrons. The van der Waals surface area contributed by atoms with Crippen LogP contribution in [0.25, 0.3) is 21.6 Å². The van der Waals surface area contributed by atoms with Gasteiger partial charge in [-0.05, 0) is 72.3 Å². The van der Waals surface area contributed by atoms with Gasteiger partial charge in [-0.1, -0.05) is 54.6 Å². The Hall–Kier alpha value is -4.02. The number of benzene rings is 2. The van der Waals surface area contributed by atoms with Gasteiger partial charge in [-0.15, -0.1) is 11.3 Å². The van der Waals surface area contributed by atoms with Crippen molar-refractivity contribution in [2.75, 3.05) is 6.54 Å². The van der Waals surface area contributed by atoms with E-state index < -0.39 is 29.9 Å². The Labute approximate surface area is 238 Å². The second-order valence-electron chi connectivity index (χ2n) is 9.56. The van der Waals surface area contributed by atoms with Crippen LogP contribution in [0.3, 0.4) is 0 Å². The lowest BCUT2D eigenvalue weighted by atomic mass is 10.0. The average molecular weight is 565 g/mol. The Bertz CT molecular complexity index is 1280. The van der Waals surface area contributed by atoms with Gasteiger partial charge in [-0.2, -0.15) is 0 Å². The van der Waals surface area contributed by atoms with Crippen LogP contribution in [0.1, 0.15) is 44.1 Å². The van der Waals surface area contributed by atoms with Gasteiger partial charge in [0.15, 0.2) is 0 Å². The molecule has 10 heteroatoms. The fourth-order valence-electron chi connectivity index (χ4n) is 4.22. The second kappa shape index (κ2) is 15.5. The standard InChI is InChI=1S/C30H36N4O5S/c31-17-5-4-8-24(29(32)38)34-30(39)25(14-16-28(36)37)33-27(35)15-11-20-9-12-22(13-10-20)26-18-23(19-40-26)21-6-2-1-3-7-21/h1-3,6-7,9-10,12-13,18-19,24-25H,4-5,8,11,14-17,31H2,(H2,32,38)(H,33,35)(H,34,39)(H,36,37)/t24-,25-/m0/s1. The predicted molar refractivity (Wildman–Crippen MR) is 156 cm³/mol. The summed E-state index contributed by atoms with van der Waals surface area (Å²) in [6, 6.07) is 18.3. The average Bonchev–Trinajstić information content (AvgIpc) is 3.44. The number of carbonyl (C=O) groups is 4. The molecule has 3 rings (SSSR count). The van der Waals surface area contributed by atoms with Gasteiger partial charge in [0.2, 0.25) is 17.7 Å². The summed E-state index contributed by atoms with van der Waals surface area (Å²) in [7, 11) is 0. The maximum Gasteiger partial charge on any atom is 0.303 e. The molecule has 0 aliphatic heterocycles. The van der Waals surface area contributed by atoms with Crippen LogP contribution in [0, 0.1) is 0 Å². The number of rotatable bonds is 16. The summed E-state index contributed by atoms with van der Waals surface area (Å²) < 4.78 is 0. The molecule has 2 aromatic carbocycles. The quantitative estimate of drug-likeness (QED) is 0.167. The third-order valence-electron chi connectivity index (χ3n) is 6.49. The van der Waals surface area contributed by atoms with Crippen LogP contribution in [0.2, 0.25) is 0 Å². The molecule has 0 saturated heterocycles. The molecule has 7 N–H and O–H groups in total. The van der Waals surface area contributed by atoms with E-state index in [1.165, 1.54) is 11.1 Å². The predicted octanol–water partition coefficient (Wildman–Crippen LogP) is 3.46. The zero-order valence-electron chi connectivity index (χ0n) is 22.3. The van der Waals surface area contributed by atoms with Crippen LogP contribution in [0.5, 0.6) is 0 Å². The largest absolute Gasteiger partial charge is 0.481 e. The molecule has 0 spiro atoms. The lowest BCUT2D eigenvalue weighted by molar-refractivity contribution is -0.138. The van der Waals surface area contributed by atoms with Gasteiger partial charge < -0.3 is 27.2 Å². The molecule has 212 valence electrons. The Morgan fingerprint density at radius 1 is 0.825 bits per heavy atom. The van der Waals surface area contributed by atoms with Crippen LogP contribution in [-0.2, 0) is 25.6 Å². The number of nitrogens with two attached hydrogens (primary N) is 2. The Kier molecular flexibility index (Phi) is 11.9. The Morgan fingerprint density at radius 2 is 1.55 bits per heavy atom. The smallest absolute Gasteiger partial charge is 0.303 e. The van der Waals surface area contributed by atoms with Crippen molar-refractivity contribution in [2.24, 2.45) is 11.5 Å². The molecule has 0 unspecified atom stereocenters. The molecule has 1 heterocycles. The molecule has 0 aliphatic carbocycles. The minimum atomic E-state index is -1.10. The van der Waals surface area contributed by atoms with Crippen molar-refractivity contribution in [1.82, 2.24) is 10.6 Å². The number of aliphatic carboxylic acids is 1. The number of carbonyl (C=O) groups excluding carboxylic acids is 3. The second-order valence-corrected chi connectivity index (χ2v) is 10.5. The van der Waals surface area contributed by atoms with Gasteiger partial charge in [-0.25, -0.2) is 0 Å². The number of hydrogen-bond acceptors (Lipinski definition) is 6. The van der Waals surface area contributed by atoms with Crippen LogP contribution in [-0.4, -0.2) is 47.4 Å². The van der Waals surface area contributed by atoms with Gasteiger partial charge >= 0.3 is 5.97 Å². The van der Waals surface area contributed by atoms with E-state index in [9.17, 15) is 19.2 Å². The zero-order valence-corrected chi connectivity index (χ0v) is 23.1. The number of carboxylic acids is 1. The van der Waals surface area contributed by atoms with E-state index in [4.69, 9.17) is 16.6 Å². The van der Waals surface area contributed by atoms with Crippen molar-refractivity contribution < 1.29 is 24.3 Å². The van der Waals surface area contributed by atoms with E-state index in [-0.39, 0.29) is 25.2 Å². The minimum Gasteiger partial charge on any atom is -0.481 e. The number of amides is 3. The van der Waals surface area contributed by atoms with Crippen LogP contribution in [0.4, 0.5) is 0 Å². The third kappa shape index (κ3) is 9.62. The van der Waals surface area contributed by atoms with Gasteiger partial charge in [0.25, 0.3) is 0 Å². The van der Waals surface area contributed by atoms with Crippen LogP contribution < -0.4 is 22.1 Å². The maximum atomic E-state index is 12.8. The monoisotopic (exact) mass is 564 g/mol. The van der Waals surface area contributed by atoms with Crippen molar-refractivity contribution in [1.29, 1.82) is 0 Å². The van der Waals surface area contributed by atoms with Gasteiger partial charge in [0.1, 0.15) is 12.1 Å². The molecule has 9 nitrogen and oxygen atoms in total. The topological polar surface area (TPSA) is 165 Å². The van der Waals surface area contributed by atoms with Crippen LogP contribution in [0.15, 0.2) is 66.0 Å². The molecule has 40 heavy (non-hydrogen) atoms. The lowest BCUT2D eigenvalue weighted by Gasteiger charge is -2.21. The number of thiophene rings is 1. The number of aryl methyl sites for hydroxylation is 1. The van der Waals surface area contributed by atoms with Gasteiger partial charge in [0, 0.05) is 17.7 Å². The first-order valence-electron chi connectivity index (χ1n) is 13.3. The Morgan fingerprint density at radius 3 is 2.20 bits per heavy atom. The number of unbranched alkanes of at least 4 members (excludes halogenated alkanes) is 1. The number of carboxylic acid groups (broad SMARTS) is 1. The molecule has 1 aromatic heterocycles. The molecule has 0 fully saturated rings. The van der Waals surface area contributed by atoms with Crippen molar-refractivity contribution in [3.05, 3.63) is 71.6 Å². The first-order chi connectivity index (χ1) is 19.3. The maximum absolute atomic E-state index is 12.8.